The van der Waals surface area contributed by atoms with Crippen molar-refractivity contribution in [3.05, 3.63) is 65.5 Å². The number of benzene rings is 2. The number of hydrazine groups is 1. The Bertz CT molecular complexity index is 825. The van der Waals surface area contributed by atoms with Crippen LogP contribution >= 0.6 is 0 Å². The summed E-state index contributed by atoms with van der Waals surface area (Å²) in [5.74, 6) is 0.153. The monoisotopic (exact) mass is 292 g/mol. The van der Waals surface area contributed by atoms with Gasteiger partial charge in [-0.2, -0.15) is 0 Å². The van der Waals surface area contributed by atoms with E-state index < -0.39 is 0 Å². The molecule has 5 heteroatoms. The number of carbonyl (C=O) groups is 1. The number of aryl methyl sites for hydroxylation is 2. The predicted molar refractivity (Wildman–Crippen MR) is 86.5 cm³/mol. The number of anilines is 1. The zero-order valence-corrected chi connectivity index (χ0v) is 12.4. The molecule has 110 valence electrons. The molecule has 2 N–H and O–H groups in total. The summed E-state index contributed by atoms with van der Waals surface area (Å²) in [7, 11) is 0. The Kier molecular flexibility index (Phi) is 3.70. The summed E-state index contributed by atoms with van der Waals surface area (Å²) >= 11 is 0. The van der Waals surface area contributed by atoms with Gasteiger partial charge in [0, 0.05) is 17.0 Å². The van der Waals surface area contributed by atoms with Gasteiger partial charge < -0.3 is 0 Å². The van der Waals surface area contributed by atoms with Crippen LogP contribution in [0.25, 0.3) is 10.8 Å². The summed E-state index contributed by atoms with van der Waals surface area (Å²) in [6.45, 7) is 3.76. The molecule has 0 fully saturated rings. The highest BCUT2D eigenvalue weighted by molar-refractivity contribution is 5.98. The summed E-state index contributed by atoms with van der Waals surface area (Å²) in [5.41, 5.74) is 7.64. The van der Waals surface area contributed by atoms with Crippen LogP contribution in [0, 0.1) is 13.8 Å². The van der Waals surface area contributed by atoms with Crippen LogP contribution in [-0.4, -0.2) is 15.9 Å². The lowest BCUT2D eigenvalue weighted by atomic mass is 10.1. The highest BCUT2D eigenvalue weighted by Gasteiger charge is 2.07. The largest absolute Gasteiger partial charge is 0.269 e. The number of amides is 1. The van der Waals surface area contributed by atoms with Crippen molar-refractivity contribution in [3.63, 3.8) is 0 Å². The summed E-state index contributed by atoms with van der Waals surface area (Å²) < 4.78 is 0. The molecule has 0 aliphatic carbocycles. The number of rotatable bonds is 3. The highest BCUT2D eigenvalue weighted by atomic mass is 16.2. The van der Waals surface area contributed by atoms with Crippen molar-refractivity contribution in [1.29, 1.82) is 0 Å². The lowest BCUT2D eigenvalue weighted by molar-refractivity contribution is 0.0962. The second-order valence-corrected chi connectivity index (χ2v) is 5.12. The standard InChI is InChI=1S/C17H16N4O/c1-11-9-12(2)19-17(18-11)21-20-16(22)15-8-7-13-5-3-4-6-14(13)10-15/h3-10H,1-2H3,(H,20,22)(H,18,19,21). The van der Waals surface area contributed by atoms with Crippen LogP contribution in [0.5, 0.6) is 0 Å². The SMILES string of the molecule is Cc1cc(C)nc(NNC(=O)c2ccc3ccccc3c2)n1. The molecule has 1 amide bonds. The number of nitrogens with zero attached hydrogens (tertiary/aromatic N) is 2. The normalized spacial score (nSPS) is 10.5. The Morgan fingerprint density at radius 1 is 0.909 bits per heavy atom. The van der Waals surface area contributed by atoms with E-state index in [1.807, 2.05) is 56.3 Å². The molecule has 1 heterocycles. The molecule has 1 aromatic heterocycles. The van der Waals surface area contributed by atoms with E-state index in [2.05, 4.69) is 20.8 Å². The van der Waals surface area contributed by atoms with Crippen LogP contribution in [0.3, 0.4) is 0 Å². The van der Waals surface area contributed by atoms with Gasteiger partial charge in [0.1, 0.15) is 0 Å². The molecule has 0 unspecified atom stereocenters. The van der Waals surface area contributed by atoms with Crippen LogP contribution in [0.2, 0.25) is 0 Å². The number of fused-ring (bicyclic) bond motifs is 1. The maximum atomic E-state index is 12.2. The van der Waals surface area contributed by atoms with E-state index in [0.717, 1.165) is 22.2 Å². The van der Waals surface area contributed by atoms with Crippen LogP contribution < -0.4 is 10.9 Å². The van der Waals surface area contributed by atoms with Crippen molar-refractivity contribution < 1.29 is 4.79 Å². The van der Waals surface area contributed by atoms with Gasteiger partial charge in [0.15, 0.2) is 0 Å². The zero-order valence-electron chi connectivity index (χ0n) is 12.4. The highest BCUT2D eigenvalue weighted by Crippen LogP contribution is 2.15. The Morgan fingerprint density at radius 2 is 1.59 bits per heavy atom. The van der Waals surface area contributed by atoms with E-state index in [9.17, 15) is 4.79 Å². The fourth-order valence-corrected chi connectivity index (χ4v) is 2.30. The molecule has 5 nitrogen and oxygen atoms in total. The summed E-state index contributed by atoms with van der Waals surface area (Å²) in [6, 6.07) is 15.4. The van der Waals surface area contributed by atoms with E-state index in [1.54, 1.807) is 6.07 Å². The maximum Gasteiger partial charge on any atom is 0.269 e. The molecule has 2 aromatic carbocycles. The lowest BCUT2D eigenvalue weighted by Crippen LogP contribution is -2.30. The number of nitrogens with one attached hydrogen (secondary N) is 2. The van der Waals surface area contributed by atoms with Gasteiger partial charge in [-0.1, -0.05) is 30.3 Å². The van der Waals surface area contributed by atoms with Crippen molar-refractivity contribution in [3.8, 4) is 0 Å². The Balaban J connectivity index is 1.75. The molecule has 3 rings (SSSR count). The van der Waals surface area contributed by atoms with Crippen LogP contribution in [-0.2, 0) is 0 Å². The van der Waals surface area contributed by atoms with Gasteiger partial charge in [-0.15, -0.1) is 0 Å². The molecular weight excluding hydrogens is 276 g/mol. The van der Waals surface area contributed by atoms with E-state index in [0.29, 0.717) is 11.5 Å². The Labute approximate surface area is 128 Å². The van der Waals surface area contributed by atoms with Crippen molar-refractivity contribution in [2.24, 2.45) is 0 Å². The summed E-state index contributed by atoms with van der Waals surface area (Å²) in [4.78, 5) is 20.6. The first-order valence-corrected chi connectivity index (χ1v) is 6.99. The predicted octanol–water partition coefficient (Wildman–Crippen LogP) is 3.00. The molecule has 0 aliphatic heterocycles. The first kappa shape index (κ1) is 14.0. The first-order valence-electron chi connectivity index (χ1n) is 6.99. The molecule has 0 radical (unpaired) electrons. The first-order chi connectivity index (χ1) is 10.6. The van der Waals surface area contributed by atoms with E-state index in [1.165, 1.54) is 0 Å². The second-order valence-electron chi connectivity index (χ2n) is 5.12. The van der Waals surface area contributed by atoms with E-state index in [4.69, 9.17) is 0 Å². The van der Waals surface area contributed by atoms with Gasteiger partial charge in [0.05, 0.1) is 0 Å². The van der Waals surface area contributed by atoms with E-state index >= 15 is 0 Å². The summed E-state index contributed by atoms with van der Waals surface area (Å²) in [5, 5.41) is 2.13. The third kappa shape index (κ3) is 3.03. The molecule has 0 bridgehead atoms. The fourth-order valence-electron chi connectivity index (χ4n) is 2.30. The quantitative estimate of drug-likeness (QED) is 0.728. The minimum Gasteiger partial charge on any atom is -0.267 e. The number of aromatic nitrogens is 2. The molecule has 3 aromatic rings. The average molecular weight is 292 g/mol. The number of carbonyl (C=O) groups excluding carboxylic acids is 1. The van der Waals surface area contributed by atoms with Crippen molar-refractivity contribution in [2.75, 3.05) is 5.43 Å². The fraction of sp³-hybridized carbons (Fsp3) is 0.118. The topological polar surface area (TPSA) is 66.9 Å². The molecule has 0 aliphatic rings. The average Bonchev–Trinajstić information content (AvgIpc) is 2.51. The Hall–Kier alpha value is -2.95. The van der Waals surface area contributed by atoms with Crippen LogP contribution in [0.4, 0.5) is 5.95 Å². The van der Waals surface area contributed by atoms with Crippen molar-refractivity contribution >= 4 is 22.6 Å². The molecule has 0 saturated carbocycles. The van der Waals surface area contributed by atoms with Gasteiger partial charge >= 0.3 is 0 Å². The van der Waals surface area contributed by atoms with Crippen LogP contribution in [0.15, 0.2) is 48.5 Å². The smallest absolute Gasteiger partial charge is 0.267 e. The third-order valence-corrected chi connectivity index (χ3v) is 3.28. The second kappa shape index (κ2) is 5.81. The van der Waals surface area contributed by atoms with Gasteiger partial charge in [-0.05, 0) is 42.8 Å². The van der Waals surface area contributed by atoms with Crippen LogP contribution in [0.1, 0.15) is 21.7 Å². The minimum atomic E-state index is -0.228. The lowest BCUT2D eigenvalue weighted by Gasteiger charge is -2.09. The molecule has 22 heavy (non-hydrogen) atoms. The van der Waals surface area contributed by atoms with Gasteiger partial charge in [-0.3, -0.25) is 15.6 Å². The zero-order chi connectivity index (χ0) is 15.5. The van der Waals surface area contributed by atoms with Gasteiger partial charge in [0.25, 0.3) is 5.91 Å². The Morgan fingerprint density at radius 3 is 2.32 bits per heavy atom. The summed E-state index contributed by atoms with van der Waals surface area (Å²) in [6.07, 6.45) is 0. The van der Waals surface area contributed by atoms with Crippen molar-refractivity contribution in [2.45, 2.75) is 13.8 Å². The number of hydrogen-bond donors (Lipinski definition) is 2. The molecule has 0 saturated heterocycles. The number of hydrogen-bond acceptors (Lipinski definition) is 4. The van der Waals surface area contributed by atoms with Crippen molar-refractivity contribution in [1.82, 2.24) is 15.4 Å². The molecule has 0 atom stereocenters. The minimum absolute atomic E-state index is 0.228. The van der Waals surface area contributed by atoms with Gasteiger partial charge in [0.2, 0.25) is 5.95 Å². The maximum absolute atomic E-state index is 12.2. The van der Waals surface area contributed by atoms with E-state index in [-0.39, 0.29) is 5.91 Å². The van der Waals surface area contributed by atoms with Gasteiger partial charge in [-0.25, -0.2) is 9.97 Å². The molecule has 0 spiro atoms. The molecular formula is C17H16N4O. The third-order valence-electron chi connectivity index (χ3n) is 3.28.